The van der Waals surface area contributed by atoms with Gasteiger partial charge in [0.05, 0.1) is 9.85 Å². The summed E-state index contributed by atoms with van der Waals surface area (Å²) >= 11 is 0. The molecule has 2 nitrogen and oxygen atoms in total. The van der Waals surface area contributed by atoms with Crippen LogP contribution in [0.25, 0.3) is 0 Å². The molecule has 1 aromatic rings. The van der Waals surface area contributed by atoms with E-state index in [1.54, 1.807) is 0 Å². The lowest BCUT2D eigenvalue weighted by atomic mass is 10.2. The first kappa shape index (κ1) is 4.50. The zero-order valence-corrected chi connectivity index (χ0v) is 5.55. The van der Waals surface area contributed by atoms with Gasteiger partial charge in [0.2, 0.25) is 0 Å². The van der Waals surface area contributed by atoms with Crippen molar-refractivity contribution < 1.29 is 12.3 Å². The molecule has 10 heavy (non-hydrogen) atoms. The van der Waals surface area contributed by atoms with E-state index >= 15 is 0 Å². The van der Waals surface area contributed by atoms with Crippen molar-refractivity contribution in [1.82, 2.24) is 0 Å². The van der Waals surface area contributed by atoms with Crippen LogP contribution in [0.1, 0.15) is 13.1 Å². The lowest BCUT2D eigenvalue weighted by Crippen LogP contribution is -1.82. The molecule has 0 saturated heterocycles. The summed E-state index contributed by atoms with van der Waals surface area (Å²) in [5.74, 6) is 0.426. The molecule has 0 unspecified atom stereocenters. The van der Waals surface area contributed by atoms with Crippen molar-refractivity contribution in [2.75, 3.05) is 7.11 Å². The van der Waals surface area contributed by atoms with E-state index in [0.717, 1.165) is 0 Å². The summed E-state index contributed by atoms with van der Waals surface area (Å²) in [4.78, 5) is 10.4. The maximum absolute atomic E-state index is 10.4. The fourth-order valence-electron chi connectivity index (χ4n) is 0.567. The molecule has 0 radical (unpaired) electrons. The summed E-state index contributed by atoms with van der Waals surface area (Å²) in [7, 11) is 1.45. The quantitative estimate of drug-likeness (QED) is 0.579. The fourth-order valence-corrected chi connectivity index (χ4v) is 0.567. The van der Waals surface area contributed by atoms with Crippen LogP contribution in [0.3, 0.4) is 0 Å². The molecule has 2 heteroatoms. The highest BCUT2D eigenvalue weighted by Gasteiger charge is 1.89. The Morgan fingerprint density at radius 3 is 2.60 bits per heavy atom. The van der Waals surface area contributed by atoms with Gasteiger partial charge in [-0.25, -0.2) is 0 Å². The molecule has 0 amide bonds. The van der Waals surface area contributed by atoms with Crippen molar-refractivity contribution in [2.45, 2.75) is 0 Å². The Morgan fingerprint density at radius 1 is 1.60 bits per heavy atom. The molecule has 0 aliphatic rings. The molecule has 0 N–H and O–H groups in total. The summed E-state index contributed by atoms with van der Waals surface area (Å²) in [5, 5.41) is 0. The first-order valence-corrected chi connectivity index (χ1v) is 2.79. The average molecular weight is 138 g/mol. The minimum Gasteiger partial charge on any atom is -0.497 e. The van der Waals surface area contributed by atoms with E-state index < -0.39 is 0 Å². The van der Waals surface area contributed by atoms with Gasteiger partial charge in [-0.1, -0.05) is 0 Å². The Morgan fingerprint density at radius 2 is 2.20 bits per heavy atom. The van der Waals surface area contributed by atoms with Gasteiger partial charge in [-0.3, -0.25) is 4.79 Å². The van der Waals surface area contributed by atoms with Crippen LogP contribution in [0, 0.1) is 0 Å². The summed E-state index contributed by atoms with van der Waals surface area (Å²) in [6, 6.07) is 2.85. The Bertz CT molecular complexity index is 287. The Balaban J connectivity index is 3.27. The number of ether oxygens (including phenoxy) is 1. The van der Waals surface area contributed by atoms with Gasteiger partial charge in [0.1, 0.15) is 12.0 Å². The molecule has 52 valence electrons. The van der Waals surface area contributed by atoms with Crippen LogP contribution in [0.2, 0.25) is 0 Å². The second kappa shape index (κ2) is 3.01. The topological polar surface area (TPSA) is 26.3 Å². The van der Waals surface area contributed by atoms with Crippen LogP contribution in [-0.2, 0) is 0 Å². The van der Waals surface area contributed by atoms with E-state index in [4.69, 9.17) is 7.48 Å². The highest BCUT2D eigenvalue weighted by atomic mass is 16.5. The normalized spacial score (nSPS) is 11.7. The molecule has 1 aromatic carbocycles. The molecule has 1 rings (SSSR count). The van der Waals surface area contributed by atoms with Gasteiger partial charge in [-0.05, 0) is 24.2 Å². The van der Waals surface area contributed by atoms with Crippen molar-refractivity contribution in [1.29, 1.82) is 0 Å². The SMILES string of the molecule is [2H]c1cc(OC)cc([2H])c1C=O. The molecule has 0 saturated carbocycles. The molecular formula is C8H8O2. The lowest BCUT2D eigenvalue weighted by Gasteiger charge is -1.96. The van der Waals surface area contributed by atoms with E-state index in [0.29, 0.717) is 12.0 Å². The Hall–Kier alpha value is -1.31. The minimum absolute atomic E-state index is 0.0225. The second-order valence-corrected chi connectivity index (χ2v) is 1.72. The number of aldehydes is 1. The Kier molecular flexibility index (Phi) is 1.35. The first-order chi connectivity index (χ1) is 5.69. The zero-order valence-electron chi connectivity index (χ0n) is 7.55. The third kappa shape index (κ3) is 1.35. The second-order valence-electron chi connectivity index (χ2n) is 1.72. The predicted octanol–water partition coefficient (Wildman–Crippen LogP) is 1.51. The molecule has 0 atom stereocenters. The summed E-state index contributed by atoms with van der Waals surface area (Å²) in [6.07, 6.45) is 0.504. The minimum atomic E-state index is 0.0225. The van der Waals surface area contributed by atoms with Gasteiger partial charge in [0, 0.05) is 5.56 Å². The molecule has 0 heterocycles. The van der Waals surface area contributed by atoms with Crippen molar-refractivity contribution in [2.24, 2.45) is 0 Å². The van der Waals surface area contributed by atoms with Crippen molar-refractivity contribution >= 4 is 6.29 Å². The van der Waals surface area contributed by atoms with E-state index in [2.05, 4.69) is 0 Å². The number of benzene rings is 1. The zero-order chi connectivity index (χ0) is 9.14. The van der Waals surface area contributed by atoms with Gasteiger partial charge in [0.25, 0.3) is 0 Å². The number of methoxy groups -OCH3 is 1. The number of hydrogen-bond donors (Lipinski definition) is 0. The van der Waals surface area contributed by atoms with Gasteiger partial charge in [-0.15, -0.1) is 0 Å². The number of carbonyl (C=O) groups excluding carboxylic acids is 1. The average Bonchev–Trinajstić information content (AvgIpc) is 2.03. The predicted molar refractivity (Wildman–Crippen MR) is 38.4 cm³/mol. The standard InChI is InChI=1S/C8H8O2/c1-10-8-4-2-7(6-9)3-5-8/h2-6H,1H3/i2D,3D. The molecule has 0 aromatic heterocycles. The van der Waals surface area contributed by atoms with Crippen LogP contribution in [0.15, 0.2) is 24.2 Å². The highest BCUT2D eigenvalue weighted by molar-refractivity contribution is 5.74. The van der Waals surface area contributed by atoms with Crippen LogP contribution < -0.4 is 4.74 Å². The molecule has 0 bridgehead atoms. The maximum Gasteiger partial charge on any atom is 0.150 e. The van der Waals surface area contributed by atoms with Gasteiger partial charge >= 0.3 is 0 Å². The maximum atomic E-state index is 10.4. The Labute approximate surface area is 62.2 Å². The van der Waals surface area contributed by atoms with Crippen LogP contribution in [0.5, 0.6) is 5.75 Å². The number of rotatable bonds is 2. The molecule has 0 fully saturated rings. The van der Waals surface area contributed by atoms with E-state index in [-0.39, 0.29) is 17.6 Å². The first-order valence-electron chi connectivity index (χ1n) is 3.79. The van der Waals surface area contributed by atoms with Gasteiger partial charge < -0.3 is 4.74 Å². The fraction of sp³-hybridized carbons (Fsp3) is 0.125. The lowest BCUT2D eigenvalue weighted by molar-refractivity contribution is 0.112. The molecule has 0 spiro atoms. The van der Waals surface area contributed by atoms with Gasteiger partial charge in [0.15, 0.2) is 0 Å². The van der Waals surface area contributed by atoms with Gasteiger partial charge in [-0.2, -0.15) is 0 Å². The van der Waals surface area contributed by atoms with E-state index in [9.17, 15) is 4.79 Å². The van der Waals surface area contributed by atoms with Crippen LogP contribution >= 0.6 is 0 Å². The largest absolute Gasteiger partial charge is 0.497 e. The highest BCUT2D eigenvalue weighted by Crippen LogP contribution is 2.09. The third-order valence-electron chi connectivity index (χ3n) is 1.09. The molecular weight excluding hydrogens is 128 g/mol. The van der Waals surface area contributed by atoms with E-state index in [1.165, 1.54) is 19.2 Å². The smallest absolute Gasteiger partial charge is 0.150 e. The van der Waals surface area contributed by atoms with Crippen molar-refractivity contribution in [3.63, 3.8) is 0 Å². The van der Waals surface area contributed by atoms with Crippen LogP contribution in [0.4, 0.5) is 0 Å². The summed E-state index contributed by atoms with van der Waals surface area (Å²) in [5.41, 5.74) is 0.0933. The van der Waals surface area contributed by atoms with E-state index in [1.807, 2.05) is 0 Å². The monoisotopic (exact) mass is 138 g/mol. The van der Waals surface area contributed by atoms with Crippen LogP contribution in [-0.4, -0.2) is 13.4 Å². The number of carbonyl (C=O) groups is 1. The summed E-state index contributed by atoms with van der Waals surface area (Å²) < 4.78 is 19.5. The number of hydrogen-bond acceptors (Lipinski definition) is 2. The molecule has 0 aliphatic heterocycles. The summed E-state index contributed by atoms with van der Waals surface area (Å²) in [6.45, 7) is 0. The molecule has 0 aliphatic carbocycles. The van der Waals surface area contributed by atoms with Crippen molar-refractivity contribution in [3.8, 4) is 5.75 Å². The third-order valence-corrected chi connectivity index (χ3v) is 1.09. The van der Waals surface area contributed by atoms with Crippen molar-refractivity contribution in [3.05, 3.63) is 29.8 Å².